The smallest absolute Gasteiger partial charge is 0.0579 e. The molecule has 1 heterocycles. The van der Waals surface area contributed by atoms with Gasteiger partial charge in [0.2, 0.25) is 0 Å². The third kappa shape index (κ3) is 3.17. The predicted molar refractivity (Wildman–Crippen MR) is 122 cm³/mol. The van der Waals surface area contributed by atoms with Crippen LogP contribution in [-0.4, -0.2) is 35.0 Å². The molecular weight excluding hydrogens is 370 g/mol. The molecule has 0 aromatic rings. The minimum atomic E-state index is -0.138. The molecule has 30 heavy (non-hydrogen) atoms. The second-order valence-corrected chi connectivity index (χ2v) is 12.6. The van der Waals surface area contributed by atoms with Crippen molar-refractivity contribution in [2.24, 2.45) is 46.3 Å². The molecule has 3 saturated carbocycles. The Labute approximate surface area is 184 Å². The second kappa shape index (κ2) is 7.59. The molecule has 0 aromatic carbocycles. The molecule has 4 fully saturated rings. The zero-order valence-electron chi connectivity index (χ0n) is 19.7. The van der Waals surface area contributed by atoms with E-state index in [1.54, 1.807) is 5.57 Å². The molecule has 11 atom stereocenters. The molecule has 0 bridgehead atoms. The fourth-order valence-corrected chi connectivity index (χ4v) is 9.36. The van der Waals surface area contributed by atoms with E-state index in [1.807, 2.05) is 0 Å². The van der Waals surface area contributed by atoms with Crippen molar-refractivity contribution in [3.63, 3.8) is 0 Å². The fourth-order valence-electron chi connectivity index (χ4n) is 9.36. The topological polar surface area (TPSA) is 52.5 Å². The molecular formula is C27H45NO2. The molecule has 0 spiro atoms. The minimum Gasteiger partial charge on any atom is -0.393 e. The summed E-state index contributed by atoms with van der Waals surface area (Å²) < 4.78 is 0. The van der Waals surface area contributed by atoms with Crippen LogP contribution >= 0.6 is 0 Å². The van der Waals surface area contributed by atoms with E-state index in [4.69, 9.17) is 0 Å². The number of fused-ring (bicyclic) bond motifs is 5. The quantitative estimate of drug-likeness (QED) is 0.561. The number of hydrogen-bond acceptors (Lipinski definition) is 3. The van der Waals surface area contributed by atoms with Crippen molar-refractivity contribution in [1.82, 2.24) is 5.32 Å². The van der Waals surface area contributed by atoms with Crippen LogP contribution in [0.2, 0.25) is 0 Å². The highest BCUT2D eigenvalue weighted by atomic mass is 16.3. The Balaban J connectivity index is 1.39. The zero-order chi connectivity index (χ0) is 21.3. The number of aliphatic hydroxyl groups excluding tert-OH is 2. The summed E-state index contributed by atoms with van der Waals surface area (Å²) in [6.07, 6.45) is 12.6. The summed E-state index contributed by atoms with van der Waals surface area (Å²) in [5.74, 6) is 3.90. The monoisotopic (exact) mass is 415 g/mol. The second-order valence-electron chi connectivity index (χ2n) is 12.6. The van der Waals surface area contributed by atoms with Crippen molar-refractivity contribution in [3.05, 3.63) is 11.6 Å². The molecule has 1 saturated heterocycles. The first kappa shape index (κ1) is 21.5. The van der Waals surface area contributed by atoms with Crippen LogP contribution in [0.5, 0.6) is 0 Å². The molecule has 1 aliphatic heterocycles. The van der Waals surface area contributed by atoms with Crippen molar-refractivity contribution in [2.45, 2.75) is 104 Å². The lowest BCUT2D eigenvalue weighted by atomic mass is 9.47. The third-order valence-corrected chi connectivity index (χ3v) is 11.1. The van der Waals surface area contributed by atoms with Gasteiger partial charge >= 0.3 is 0 Å². The van der Waals surface area contributed by atoms with Crippen LogP contribution in [0.1, 0.15) is 85.5 Å². The standard InChI is InChI=1S/C27H45NO2/c1-16-5-8-23(28-15-16)17(2)25-24(30)14-22-20-7-6-18-13-19(29)9-11-26(18,3)21(20)10-12-27(22,25)4/h6,16-17,19-25,28-30H,5,7-15H2,1-4H3/t16?,17-,19+,20-,21+,22+,23+,24-,25+,26+,27+/m1/s1. The van der Waals surface area contributed by atoms with Gasteiger partial charge in [-0.15, -0.1) is 0 Å². The van der Waals surface area contributed by atoms with E-state index in [1.165, 1.54) is 32.1 Å². The summed E-state index contributed by atoms with van der Waals surface area (Å²) in [7, 11) is 0. The average Bonchev–Trinajstić information content (AvgIpc) is 2.98. The van der Waals surface area contributed by atoms with E-state index in [2.05, 4.69) is 39.1 Å². The summed E-state index contributed by atoms with van der Waals surface area (Å²) >= 11 is 0. The molecule has 5 rings (SSSR count). The molecule has 170 valence electrons. The largest absolute Gasteiger partial charge is 0.393 e. The van der Waals surface area contributed by atoms with Gasteiger partial charge in [-0.3, -0.25) is 0 Å². The van der Waals surface area contributed by atoms with E-state index in [0.29, 0.717) is 29.2 Å². The summed E-state index contributed by atoms with van der Waals surface area (Å²) in [6, 6.07) is 0.573. The average molecular weight is 416 g/mol. The summed E-state index contributed by atoms with van der Waals surface area (Å²) in [5.41, 5.74) is 2.12. The van der Waals surface area contributed by atoms with E-state index >= 15 is 0 Å². The maximum atomic E-state index is 11.4. The Hall–Kier alpha value is -0.380. The Kier molecular flexibility index (Phi) is 5.43. The lowest BCUT2D eigenvalue weighted by Crippen LogP contribution is -2.53. The lowest BCUT2D eigenvalue weighted by molar-refractivity contribution is -0.0655. The molecule has 1 unspecified atom stereocenters. The maximum absolute atomic E-state index is 11.4. The van der Waals surface area contributed by atoms with E-state index < -0.39 is 0 Å². The zero-order valence-corrected chi connectivity index (χ0v) is 19.7. The van der Waals surface area contributed by atoms with Gasteiger partial charge in [-0.2, -0.15) is 0 Å². The van der Waals surface area contributed by atoms with E-state index in [9.17, 15) is 10.2 Å². The Morgan fingerprint density at radius 2 is 1.87 bits per heavy atom. The Morgan fingerprint density at radius 1 is 1.07 bits per heavy atom. The SMILES string of the molecule is CC1CC[C@@H]([C@@H](C)[C@H]2[C@H](O)C[C@H]3[C@@H]4CC=C5C[C@@H](O)CC[C@]5(C)[C@H]4CC[C@]23C)NC1. The molecule has 0 radical (unpaired) electrons. The van der Waals surface area contributed by atoms with Gasteiger partial charge in [-0.05, 0) is 111 Å². The highest BCUT2D eigenvalue weighted by molar-refractivity contribution is 5.25. The van der Waals surface area contributed by atoms with Gasteiger partial charge in [-0.1, -0.05) is 39.3 Å². The number of hydrogen-bond donors (Lipinski definition) is 3. The summed E-state index contributed by atoms with van der Waals surface area (Å²) in [5, 5.41) is 25.5. The minimum absolute atomic E-state index is 0.126. The summed E-state index contributed by atoms with van der Waals surface area (Å²) in [6.45, 7) is 11.0. The third-order valence-electron chi connectivity index (χ3n) is 11.1. The van der Waals surface area contributed by atoms with Gasteiger partial charge in [0, 0.05) is 6.04 Å². The van der Waals surface area contributed by atoms with E-state index in [0.717, 1.165) is 50.0 Å². The predicted octanol–water partition coefficient (Wildman–Crippen LogP) is 4.92. The van der Waals surface area contributed by atoms with Crippen molar-refractivity contribution >= 4 is 0 Å². The van der Waals surface area contributed by atoms with Gasteiger partial charge < -0.3 is 15.5 Å². The number of aliphatic hydroxyl groups is 2. The van der Waals surface area contributed by atoms with Crippen molar-refractivity contribution in [3.8, 4) is 0 Å². The number of piperidine rings is 1. The first-order valence-corrected chi connectivity index (χ1v) is 13.0. The fraction of sp³-hybridized carbons (Fsp3) is 0.926. The highest BCUT2D eigenvalue weighted by Gasteiger charge is 2.62. The van der Waals surface area contributed by atoms with Crippen LogP contribution in [-0.2, 0) is 0 Å². The number of nitrogens with one attached hydrogen (secondary N) is 1. The van der Waals surface area contributed by atoms with Gasteiger partial charge in [0.1, 0.15) is 0 Å². The van der Waals surface area contributed by atoms with Crippen molar-refractivity contribution in [1.29, 1.82) is 0 Å². The molecule has 3 nitrogen and oxygen atoms in total. The first-order valence-electron chi connectivity index (χ1n) is 13.0. The van der Waals surface area contributed by atoms with Crippen molar-refractivity contribution in [2.75, 3.05) is 6.54 Å². The number of allylic oxidation sites excluding steroid dienone is 1. The maximum Gasteiger partial charge on any atom is 0.0579 e. The molecule has 4 aliphatic carbocycles. The van der Waals surface area contributed by atoms with Gasteiger partial charge in [0.25, 0.3) is 0 Å². The van der Waals surface area contributed by atoms with Gasteiger partial charge in [-0.25, -0.2) is 0 Å². The van der Waals surface area contributed by atoms with Gasteiger partial charge in [0.05, 0.1) is 12.2 Å². The molecule has 3 heteroatoms. The molecule has 3 N–H and O–H groups in total. The molecule has 5 aliphatic rings. The van der Waals surface area contributed by atoms with Crippen LogP contribution < -0.4 is 5.32 Å². The molecule has 0 aromatic heterocycles. The normalized spacial score (nSPS) is 54.5. The summed E-state index contributed by atoms with van der Waals surface area (Å²) in [4.78, 5) is 0. The first-order chi connectivity index (χ1) is 14.2. The number of rotatable bonds is 2. The highest BCUT2D eigenvalue weighted by Crippen LogP contribution is 2.67. The lowest BCUT2D eigenvalue weighted by Gasteiger charge is -2.58. The molecule has 0 amide bonds. The Bertz CT molecular complexity index is 682. The van der Waals surface area contributed by atoms with Crippen LogP contribution in [0, 0.1) is 46.3 Å². The van der Waals surface area contributed by atoms with Gasteiger partial charge in [0.15, 0.2) is 0 Å². The van der Waals surface area contributed by atoms with Crippen LogP contribution in [0.15, 0.2) is 11.6 Å². The van der Waals surface area contributed by atoms with Crippen molar-refractivity contribution < 1.29 is 10.2 Å². The Morgan fingerprint density at radius 3 is 2.60 bits per heavy atom. The van der Waals surface area contributed by atoms with Crippen LogP contribution in [0.4, 0.5) is 0 Å². The van der Waals surface area contributed by atoms with Crippen LogP contribution in [0.25, 0.3) is 0 Å². The van der Waals surface area contributed by atoms with E-state index in [-0.39, 0.29) is 17.6 Å². The van der Waals surface area contributed by atoms with Crippen LogP contribution in [0.3, 0.4) is 0 Å².